The second kappa shape index (κ2) is 10.5. The number of carbonyl (C=O) groups excluding carboxylic acids is 2. The molecule has 0 radical (unpaired) electrons. The van der Waals surface area contributed by atoms with E-state index in [1.165, 1.54) is 32.7 Å². The zero-order valence-corrected chi connectivity index (χ0v) is 18.9. The SMILES string of the molecule is COc1cc(C(=O)N/N=C(\C)c2cccc(NC(=O)c3cccs3)c2)cc(OC)c1OC. The molecule has 0 bridgehead atoms. The van der Waals surface area contributed by atoms with E-state index in [4.69, 9.17) is 14.2 Å². The summed E-state index contributed by atoms with van der Waals surface area (Å²) in [5.41, 5.74) is 4.78. The molecule has 166 valence electrons. The van der Waals surface area contributed by atoms with Crippen LogP contribution in [0.2, 0.25) is 0 Å². The third-order valence-electron chi connectivity index (χ3n) is 4.54. The molecule has 0 aliphatic rings. The van der Waals surface area contributed by atoms with E-state index in [0.717, 1.165) is 5.56 Å². The molecule has 0 unspecified atom stereocenters. The zero-order chi connectivity index (χ0) is 23.1. The van der Waals surface area contributed by atoms with Crippen molar-refractivity contribution in [2.45, 2.75) is 6.92 Å². The first-order valence-corrected chi connectivity index (χ1v) is 10.4. The summed E-state index contributed by atoms with van der Waals surface area (Å²) in [6, 6.07) is 13.9. The number of ether oxygens (including phenoxy) is 3. The Hall–Kier alpha value is -3.85. The summed E-state index contributed by atoms with van der Waals surface area (Å²) in [6.07, 6.45) is 0. The molecule has 8 nitrogen and oxygen atoms in total. The van der Waals surface area contributed by atoms with Crippen LogP contribution in [-0.2, 0) is 0 Å². The van der Waals surface area contributed by atoms with Gasteiger partial charge in [-0.25, -0.2) is 5.43 Å². The van der Waals surface area contributed by atoms with Gasteiger partial charge in [0.05, 0.1) is 31.9 Å². The Morgan fingerprint density at radius 3 is 2.19 bits per heavy atom. The third kappa shape index (κ3) is 5.25. The van der Waals surface area contributed by atoms with Crippen LogP contribution in [0.4, 0.5) is 5.69 Å². The third-order valence-corrected chi connectivity index (χ3v) is 5.40. The smallest absolute Gasteiger partial charge is 0.271 e. The largest absolute Gasteiger partial charge is 0.493 e. The first kappa shape index (κ1) is 22.8. The van der Waals surface area contributed by atoms with E-state index >= 15 is 0 Å². The summed E-state index contributed by atoms with van der Waals surface area (Å²) in [4.78, 5) is 25.5. The average molecular weight is 454 g/mol. The zero-order valence-electron chi connectivity index (χ0n) is 18.1. The van der Waals surface area contributed by atoms with Gasteiger partial charge in [0.25, 0.3) is 11.8 Å². The fraction of sp³-hybridized carbons (Fsp3) is 0.174. The van der Waals surface area contributed by atoms with Crippen LogP contribution in [0.15, 0.2) is 59.0 Å². The van der Waals surface area contributed by atoms with Gasteiger partial charge in [-0.1, -0.05) is 18.2 Å². The number of nitrogens with one attached hydrogen (secondary N) is 2. The standard InChI is InChI=1S/C23H23N3O5S/c1-14(15-7-5-8-17(11-15)24-23(28)20-9-6-10-32-20)25-26-22(27)16-12-18(29-2)21(31-4)19(13-16)30-3/h5-13H,1-4H3,(H,24,28)(H,26,27)/b25-14+. The van der Waals surface area contributed by atoms with Crippen molar-refractivity contribution >= 4 is 34.6 Å². The van der Waals surface area contributed by atoms with Gasteiger partial charge in [0.2, 0.25) is 5.75 Å². The number of rotatable bonds is 8. The number of nitrogens with zero attached hydrogens (tertiary/aromatic N) is 1. The van der Waals surface area contributed by atoms with E-state index in [1.54, 1.807) is 43.3 Å². The van der Waals surface area contributed by atoms with Crippen molar-refractivity contribution in [3.05, 3.63) is 69.9 Å². The molecule has 9 heteroatoms. The molecule has 0 aliphatic heterocycles. The summed E-state index contributed by atoms with van der Waals surface area (Å²) in [5.74, 6) is 0.514. The van der Waals surface area contributed by atoms with Crippen molar-refractivity contribution < 1.29 is 23.8 Å². The monoisotopic (exact) mass is 453 g/mol. The van der Waals surface area contributed by atoms with Gasteiger partial charge in [-0.05, 0) is 48.2 Å². The normalized spacial score (nSPS) is 10.9. The van der Waals surface area contributed by atoms with Crippen LogP contribution in [0, 0.1) is 0 Å². The molecule has 0 saturated heterocycles. The maximum atomic E-state index is 12.6. The van der Waals surface area contributed by atoms with Crippen molar-refractivity contribution in [3.8, 4) is 17.2 Å². The van der Waals surface area contributed by atoms with Crippen LogP contribution >= 0.6 is 11.3 Å². The van der Waals surface area contributed by atoms with Gasteiger partial charge < -0.3 is 19.5 Å². The molecule has 3 aromatic rings. The minimum Gasteiger partial charge on any atom is -0.493 e. The predicted octanol–water partition coefficient (Wildman–Crippen LogP) is 4.18. The van der Waals surface area contributed by atoms with Gasteiger partial charge >= 0.3 is 0 Å². The Morgan fingerprint density at radius 1 is 0.875 bits per heavy atom. The highest BCUT2D eigenvalue weighted by Crippen LogP contribution is 2.38. The van der Waals surface area contributed by atoms with E-state index in [2.05, 4.69) is 15.8 Å². The molecule has 0 spiro atoms. The molecule has 0 saturated carbocycles. The second-order valence-corrected chi connectivity index (χ2v) is 7.51. The number of hydrogen-bond acceptors (Lipinski definition) is 7. The molecule has 3 rings (SSSR count). The molecule has 1 heterocycles. The number of benzene rings is 2. The first-order valence-electron chi connectivity index (χ1n) is 9.56. The molecule has 32 heavy (non-hydrogen) atoms. The fourth-order valence-electron chi connectivity index (χ4n) is 2.90. The fourth-order valence-corrected chi connectivity index (χ4v) is 3.52. The maximum absolute atomic E-state index is 12.6. The number of anilines is 1. The quantitative estimate of drug-likeness (QED) is 0.394. The lowest BCUT2D eigenvalue weighted by Gasteiger charge is -2.13. The van der Waals surface area contributed by atoms with E-state index in [-0.39, 0.29) is 5.91 Å². The Balaban J connectivity index is 1.74. The molecule has 2 amide bonds. The summed E-state index contributed by atoms with van der Waals surface area (Å²) >= 11 is 1.37. The summed E-state index contributed by atoms with van der Waals surface area (Å²) < 4.78 is 15.8. The van der Waals surface area contributed by atoms with Crippen molar-refractivity contribution in [1.82, 2.24) is 5.43 Å². The Labute approximate surface area is 189 Å². The lowest BCUT2D eigenvalue weighted by molar-refractivity contribution is 0.0953. The minimum absolute atomic E-state index is 0.178. The molecular formula is C23H23N3O5S. The topological polar surface area (TPSA) is 98.2 Å². The van der Waals surface area contributed by atoms with Crippen LogP contribution < -0.4 is 25.0 Å². The lowest BCUT2D eigenvalue weighted by atomic mass is 10.1. The number of hydrogen-bond donors (Lipinski definition) is 2. The van der Waals surface area contributed by atoms with Crippen molar-refractivity contribution in [2.75, 3.05) is 26.6 Å². The van der Waals surface area contributed by atoms with E-state index in [0.29, 0.717) is 39.1 Å². The van der Waals surface area contributed by atoms with Gasteiger partial charge in [0, 0.05) is 11.3 Å². The van der Waals surface area contributed by atoms with Crippen LogP contribution in [0.3, 0.4) is 0 Å². The number of amides is 2. The van der Waals surface area contributed by atoms with Gasteiger partial charge in [-0.2, -0.15) is 5.10 Å². The van der Waals surface area contributed by atoms with Gasteiger partial charge in [0.1, 0.15) is 0 Å². The van der Waals surface area contributed by atoms with Crippen LogP contribution in [0.5, 0.6) is 17.2 Å². The minimum atomic E-state index is -0.439. The number of methoxy groups -OCH3 is 3. The number of hydrazone groups is 1. The molecule has 2 N–H and O–H groups in total. The Kier molecular flexibility index (Phi) is 7.45. The van der Waals surface area contributed by atoms with Crippen molar-refractivity contribution in [2.24, 2.45) is 5.10 Å². The number of thiophene rings is 1. The molecule has 2 aromatic carbocycles. The molecule has 0 aliphatic carbocycles. The summed E-state index contributed by atoms with van der Waals surface area (Å²) in [5, 5.41) is 8.89. The van der Waals surface area contributed by atoms with Crippen molar-refractivity contribution in [1.29, 1.82) is 0 Å². The summed E-state index contributed by atoms with van der Waals surface area (Å²) in [7, 11) is 4.45. The van der Waals surface area contributed by atoms with Gasteiger partial charge in [-0.15, -0.1) is 11.3 Å². The van der Waals surface area contributed by atoms with Crippen LogP contribution in [0.1, 0.15) is 32.5 Å². The van der Waals surface area contributed by atoms with Crippen LogP contribution in [0.25, 0.3) is 0 Å². The number of carbonyl (C=O) groups is 2. The molecule has 0 fully saturated rings. The lowest BCUT2D eigenvalue weighted by Crippen LogP contribution is -2.19. The molecule has 1 aromatic heterocycles. The van der Waals surface area contributed by atoms with Gasteiger partial charge in [0.15, 0.2) is 11.5 Å². The van der Waals surface area contributed by atoms with Gasteiger partial charge in [-0.3, -0.25) is 9.59 Å². The van der Waals surface area contributed by atoms with Crippen molar-refractivity contribution in [3.63, 3.8) is 0 Å². The van der Waals surface area contributed by atoms with E-state index < -0.39 is 5.91 Å². The highest BCUT2D eigenvalue weighted by Gasteiger charge is 2.17. The predicted molar refractivity (Wildman–Crippen MR) is 124 cm³/mol. The average Bonchev–Trinajstić information content (AvgIpc) is 3.36. The maximum Gasteiger partial charge on any atom is 0.271 e. The summed E-state index contributed by atoms with van der Waals surface area (Å²) in [6.45, 7) is 1.76. The highest BCUT2D eigenvalue weighted by atomic mass is 32.1. The Bertz CT molecular complexity index is 1120. The van der Waals surface area contributed by atoms with E-state index in [1.807, 2.05) is 17.5 Å². The Morgan fingerprint density at radius 2 is 1.59 bits per heavy atom. The molecular weight excluding hydrogens is 430 g/mol. The van der Waals surface area contributed by atoms with E-state index in [9.17, 15) is 9.59 Å². The highest BCUT2D eigenvalue weighted by molar-refractivity contribution is 7.12. The first-order chi connectivity index (χ1) is 15.5. The molecule has 0 atom stereocenters. The van der Waals surface area contributed by atoms with Crippen LogP contribution in [-0.4, -0.2) is 38.9 Å². The second-order valence-electron chi connectivity index (χ2n) is 6.56.